The minimum Gasteiger partial charge on any atom is -0.198 e. The molecule has 0 radical (unpaired) electrons. The summed E-state index contributed by atoms with van der Waals surface area (Å²) in [4.78, 5) is 0. The molecule has 0 spiro atoms. The van der Waals surface area contributed by atoms with Crippen LogP contribution in [0.2, 0.25) is 0 Å². The molecule has 0 heterocycles. The van der Waals surface area contributed by atoms with Crippen LogP contribution in [0.5, 0.6) is 0 Å². The number of rotatable bonds is 4. The fourth-order valence-electron chi connectivity index (χ4n) is 2.39. The predicted octanol–water partition coefficient (Wildman–Crippen LogP) is 3.15. The normalized spacial score (nSPS) is 19.2. The maximum Gasteiger partial charge on any atom is 0.0621 e. The molecular weight excluding hydrogens is 160 g/mol. The SMILES string of the molecule is N#CCCC1(CCC#N)CCCC1. The van der Waals surface area contributed by atoms with E-state index in [1.807, 2.05) is 0 Å². The highest BCUT2D eigenvalue weighted by atomic mass is 14.4. The van der Waals surface area contributed by atoms with Crippen molar-refractivity contribution >= 4 is 0 Å². The van der Waals surface area contributed by atoms with Crippen LogP contribution in [0.25, 0.3) is 0 Å². The van der Waals surface area contributed by atoms with Gasteiger partial charge in [0, 0.05) is 12.8 Å². The maximum absolute atomic E-state index is 8.55. The molecule has 1 aliphatic carbocycles. The summed E-state index contributed by atoms with van der Waals surface area (Å²) in [5.74, 6) is 0. The smallest absolute Gasteiger partial charge is 0.0621 e. The van der Waals surface area contributed by atoms with Gasteiger partial charge < -0.3 is 0 Å². The van der Waals surface area contributed by atoms with E-state index in [0.717, 1.165) is 12.8 Å². The fraction of sp³-hybridized carbons (Fsp3) is 0.818. The van der Waals surface area contributed by atoms with Crippen LogP contribution in [0, 0.1) is 28.1 Å². The third-order valence-corrected chi connectivity index (χ3v) is 3.20. The number of nitriles is 2. The van der Waals surface area contributed by atoms with Crippen molar-refractivity contribution in [1.82, 2.24) is 0 Å². The average molecular weight is 176 g/mol. The lowest BCUT2D eigenvalue weighted by molar-refractivity contribution is 0.254. The van der Waals surface area contributed by atoms with Gasteiger partial charge >= 0.3 is 0 Å². The van der Waals surface area contributed by atoms with Crippen molar-refractivity contribution < 1.29 is 0 Å². The van der Waals surface area contributed by atoms with Gasteiger partial charge in [0.2, 0.25) is 0 Å². The van der Waals surface area contributed by atoms with Gasteiger partial charge in [-0.25, -0.2) is 0 Å². The Morgan fingerprint density at radius 2 is 1.38 bits per heavy atom. The van der Waals surface area contributed by atoms with Crippen LogP contribution in [-0.2, 0) is 0 Å². The van der Waals surface area contributed by atoms with Crippen molar-refractivity contribution in [2.75, 3.05) is 0 Å². The molecule has 0 bridgehead atoms. The van der Waals surface area contributed by atoms with Crippen molar-refractivity contribution in [2.24, 2.45) is 5.41 Å². The average Bonchev–Trinajstić information content (AvgIpc) is 2.61. The molecule has 1 aliphatic rings. The monoisotopic (exact) mass is 176 g/mol. The first-order valence-corrected chi connectivity index (χ1v) is 5.07. The van der Waals surface area contributed by atoms with Gasteiger partial charge in [-0.3, -0.25) is 0 Å². The second-order valence-corrected chi connectivity index (χ2v) is 4.02. The molecule has 0 aromatic carbocycles. The van der Waals surface area contributed by atoms with Crippen LogP contribution in [-0.4, -0.2) is 0 Å². The molecule has 0 aromatic rings. The molecule has 0 atom stereocenters. The fourth-order valence-corrected chi connectivity index (χ4v) is 2.39. The quantitative estimate of drug-likeness (QED) is 0.660. The first-order chi connectivity index (χ1) is 6.33. The molecule has 13 heavy (non-hydrogen) atoms. The van der Waals surface area contributed by atoms with Crippen LogP contribution in [0.1, 0.15) is 51.4 Å². The summed E-state index contributed by atoms with van der Waals surface area (Å²) in [6.45, 7) is 0. The van der Waals surface area contributed by atoms with Crippen molar-refractivity contribution in [3.8, 4) is 12.1 Å². The Morgan fingerprint density at radius 3 is 1.77 bits per heavy atom. The molecule has 0 unspecified atom stereocenters. The summed E-state index contributed by atoms with van der Waals surface area (Å²) in [6, 6.07) is 4.43. The highest BCUT2D eigenvalue weighted by molar-refractivity contribution is 4.90. The van der Waals surface area contributed by atoms with Gasteiger partial charge in [0.15, 0.2) is 0 Å². The molecule has 0 aliphatic heterocycles. The van der Waals surface area contributed by atoms with E-state index in [4.69, 9.17) is 10.5 Å². The van der Waals surface area contributed by atoms with Gasteiger partial charge in [0.1, 0.15) is 0 Å². The summed E-state index contributed by atoms with van der Waals surface area (Å²) in [5.41, 5.74) is 0.353. The molecule has 0 saturated heterocycles. The summed E-state index contributed by atoms with van der Waals surface area (Å²) in [7, 11) is 0. The zero-order chi connectivity index (χ0) is 9.57. The molecule has 70 valence electrons. The molecule has 0 amide bonds. The Balaban J connectivity index is 2.44. The van der Waals surface area contributed by atoms with Gasteiger partial charge in [-0.15, -0.1) is 0 Å². The molecule has 0 N–H and O–H groups in total. The highest BCUT2D eigenvalue weighted by Gasteiger charge is 2.32. The molecule has 1 rings (SSSR count). The van der Waals surface area contributed by atoms with Crippen molar-refractivity contribution in [3.05, 3.63) is 0 Å². The Labute approximate surface area is 80.2 Å². The molecule has 1 saturated carbocycles. The highest BCUT2D eigenvalue weighted by Crippen LogP contribution is 2.45. The number of nitrogens with zero attached hydrogens (tertiary/aromatic N) is 2. The molecule has 1 fully saturated rings. The van der Waals surface area contributed by atoms with Crippen LogP contribution in [0.3, 0.4) is 0 Å². The van der Waals surface area contributed by atoms with Crippen LogP contribution in [0.15, 0.2) is 0 Å². The van der Waals surface area contributed by atoms with E-state index in [9.17, 15) is 0 Å². The lowest BCUT2D eigenvalue weighted by Crippen LogP contribution is -2.15. The van der Waals surface area contributed by atoms with E-state index >= 15 is 0 Å². The Morgan fingerprint density at radius 1 is 0.923 bits per heavy atom. The van der Waals surface area contributed by atoms with Crippen molar-refractivity contribution in [1.29, 1.82) is 10.5 Å². The zero-order valence-electron chi connectivity index (χ0n) is 8.05. The topological polar surface area (TPSA) is 47.6 Å². The number of hydrogen-bond acceptors (Lipinski definition) is 2. The summed E-state index contributed by atoms with van der Waals surface area (Å²) < 4.78 is 0. The largest absolute Gasteiger partial charge is 0.198 e. The molecule has 0 aromatic heterocycles. The minimum absolute atomic E-state index is 0.353. The molecule has 2 nitrogen and oxygen atoms in total. The van der Waals surface area contributed by atoms with E-state index in [-0.39, 0.29) is 0 Å². The van der Waals surface area contributed by atoms with Gasteiger partial charge in [0.05, 0.1) is 12.1 Å². The van der Waals surface area contributed by atoms with Gasteiger partial charge in [-0.2, -0.15) is 10.5 Å². The van der Waals surface area contributed by atoms with E-state index in [2.05, 4.69) is 12.1 Å². The number of hydrogen-bond donors (Lipinski definition) is 0. The molecular formula is C11H16N2. The third kappa shape index (κ3) is 2.74. The van der Waals surface area contributed by atoms with Crippen molar-refractivity contribution in [3.63, 3.8) is 0 Å². The summed E-state index contributed by atoms with van der Waals surface area (Å²) in [6.07, 6.45) is 8.37. The van der Waals surface area contributed by atoms with Crippen LogP contribution < -0.4 is 0 Å². The summed E-state index contributed by atoms with van der Waals surface area (Å²) >= 11 is 0. The van der Waals surface area contributed by atoms with Gasteiger partial charge in [-0.05, 0) is 31.1 Å². The lowest BCUT2D eigenvalue weighted by atomic mass is 9.78. The minimum atomic E-state index is 0.353. The van der Waals surface area contributed by atoms with E-state index in [0.29, 0.717) is 18.3 Å². The second-order valence-electron chi connectivity index (χ2n) is 4.02. The lowest BCUT2D eigenvalue weighted by Gasteiger charge is -2.26. The third-order valence-electron chi connectivity index (χ3n) is 3.20. The Bertz CT molecular complexity index is 205. The van der Waals surface area contributed by atoms with Gasteiger partial charge in [-0.1, -0.05) is 12.8 Å². The maximum atomic E-state index is 8.55. The van der Waals surface area contributed by atoms with E-state index < -0.39 is 0 Å². The zero-order valence-corrected chi connectivity index (χ0v) is 8.05. The second kappa shape index (κ2) is 4.87. The van der Waals surface area contributed by atoms with Crippen LogP contribution >= 0.6 is 0 Å². The first-order valence-electron chi connectivity index (χ1n) is 5.07. The Hall–Kier alpha value is -1.02. The Kier molecular flexibility index (Phi) is 3.77. The predicted molar refractivity (Wildman–Crippen MR) is 50.6 cm³/mol. The molecule has 2 heteroatoms. The standard InChI is InChI=1S/C11H16N2/c12-9-3-7-11(8-4-10-13)5-1-2-6-11/h1-8H2. The van der Waals surface area contributed by atoms with E-state index in [1.165, 1.54) is 25.7 Å². The first kappa shape index (κ1) is 10.1. The summed E-state index contributed by atoms with van der Waals surface area (Å²) in [5, 5.41) is 17.1. The van der Waals surface area contributed by atoms with Crippen molar-refractivity contribution in [2.45, 2.75) is 51.4 Å². The van der Waals surface area contributed by atoms with Gasteiger partial charge in [0.25, 0.3) is 0 Å². The van der Waals surface area contributed by atoms with E-state index in [1.54, 1.807) is 0 Å². The van der Waals surface area contributed by atoms with Crippen LogP contribution in [0.4, 0.5) is 0 Å².